The van der Waals surface area contributed by atoms with Gasteiger partial charge in [0.1, 0.15) is 11.4 Å². The van der Waals surface area contributed by atoms with Crippen molar-refractivity contribution in [2.75, 3.05) is 7.11 Å². The van der Waals surface area contributed by atoms with Gasteiger partial charge in [-0.3, -0.25) is 4.40 Å². The Morgan fingerprint density at radius 3 is 2.73 bits per heavy atom. The van der Waals surface area contributed by atoms with Crippen molar-refractivity contribution in [2.24, 2.45) is 0 Å². The monoisotopic (exact) mass is 293 g/mol. The fourth-order valence-electron chi connectivity index (χ4n) is 2.58. The number of aromatic nitrogens is 3. The molecule has 0 unspecified atom stereocenters. The number of ether oxygens (including phenoxy) is 1. The number of methoxy groups -OCH3 is 1. The van der Waals surface area contributed by atoms with E-state index < -0.39 is 5.95 Å². The van der Waals surface area contributed by atoms with Crippen molar-refractivity contribution >= 4 is 16.7 Å². The van der Waals surface area contributed by atoms with Crippen LogP contribution in [0.4, 0.5) is 4.39 Å². The first kappa shape index (κ1) is 12.8. The number of nitrogens with zero attached hydrogens (tertiary/aromatic N) is 3. The number of halogens is 1. The Morgan fingerprint density at radius 2 is 1.91 bits per heavy atom. The van der Waals surface area contributed by atoms with Crippen LogP contribution in [0.25, 0.3) is 27.8 Å². The van der Waals surface area contributed by atoms with E-state index in [-0.39, 0.29) is 0 Å². The number of hydrogen-bond acceptors (Lipinski definition) is 3. The van der Waals surface area contributed by atoms with Gasteiger partial charge < -0.3 is 4.74 Å². The molecule has 3 heterocycles. The lowest BCUT2D eigenvalue weighted by atomic mass is 10.1. The first-order valence-electron chi connectivity index (χ1n) is 6.82. The molecule has 0 aliphatic carbocycles. The molecule has 0 bridgehead atoms. The second kappa shape index (κ2) is 4.80. The molecule has 0 radical (unpaired) electrons. The number of benzene rings is 1. The molecule has 0 aliphatic heterocycles. The lowest BCUT2D eigenvalue weighted by Crippen LogP contribution is -1.88. The summed E-state index contributed by atoms with van der Waals surface area (Å²) in [6, 6.07) is 12.8. The molecule has 0 N–H and O–H groups in total. The minimum absolute atomic E-state index is 0.490. The molecule has 0 amide bonds. The van der Waals surface area contributed by atoms with Gasteiger partial charge in [0.05, 0.1) is 18.1 Å². The zero-order valence-corrected chi connectivity index (χ0v) is 11.8. The first-order valence-corrected chi connectivity index (χ1v) is 6.82. The molecule has 5 heteroatoms. The second-order valence-corrected chi connectivity index (χ2v) is 4.98. The Labute approximate surface area is 125 Å². The lowest BCUT2D eigenvalue weighted by molar-refractivity contribution is 0.415. The SMILES string of the molecule is COc1ccc2nc3cc(-c4ccnc(F)c4)ccn3c2c1. The van der Waals surface area contributed by atoms with Crippen LogP contribution in [0.2, 0.25) is 0 Å². The van der Waals surface area contributed by atoms with Gasteiger partial charge >= 0.3 is 0 Å². The maximum Gasteiger partial charge on any atom is 0.213 e. The van der Waals surface area contributed by atoms with Gasteiger partial charge in [0.25, 0.3) is 0 Å². The summed E-state index contributed by atoms with van der Waals surface area (Å²) in [7, 11) is 1.64. The third-order valence-electron chi connectivity index (χ3n) is 3.67. The van der Waals surface area contributed by atoms with Crippen molar-refractivity contribution in [3.8, 4) is 16.9 Å². The summed E-state index contributed by atoms with van der Waals surface area (Å²) >= 11 is 0. The third-order valence-corrected chi connectivity index (χ3v) is 3.67. The number of imidazole rings is 1. The summed E-state index contributed by atoms with van der Waals surface area (Å²) in [5.74, 6) is 0.296. The van der Waals surface area contributed by atoms with Gasteiger partial charge in [-0.2, -0.15) is 4.39 Å². The van der Waals surface area contributed by atoms with Gasteiger partial charge in [-0.25, -0.2) is 9.97 Å². The Hall–Kier alpha value is -2.95. The molecule has 1 aromatic carbocycles. The fourth-order valence-corrected chi connectivity index (χ4v) is 2.58. The molecule has 108 valence electrons. The maximum atomic E-state index is 13.3. The summed E-state index contributed by atoms with van der Waals surface area (Å²) in [6.07, 6.45) is 3.39. The van der Waals surface area contributed by atoms with Gasteiger partial charge in [-0.1, -0.05) is 0 Å². The molecule has 4 nitrogen and oxygen atoms in total. The van der Waals surface area contributed by atoms with Crippen LogP contribution in [0, 0.1) is 5.95 Å². The van der Waals surface area contributed by atoms with Crippen molar-refractivity contribution in [3.63, 3.8) is 0 Å². The van der Waals surface area contributed by atoms with E-state index in [9.17, 15) is 4.39 Å². The standard InChI is InChI=1S/C17H12FN3O/c1-22-13-2-3-14-15(10-13)21-7-5-12(9-17(21)20-14)11-4-6-19-16(18)8-11/h2-10H,1H3. The highest BCUT2D eigenvalue weighted by Crippen LogP contribution is 2.25. The van der Waals surface area contributed by atoms with Crippen LogP contribution in [0.1, 0.15) is 0 Å². The highest BCUT2D eigenvalue weighted by Gasteiger charge is 2.08. The summed E-state index contributed by atoms with van der Waals surface area (Å²) in [6.45, 7) is 0. The van der Waals surface area contributed by atoms with E-state index in [0.717, 1.165) is 33.6 Å². The molecule has 4 aromatic rings. The van der Waals surface area contributed by atoms with Crippen LogP contribution in [-0.4, -0.2) is 21.5 Å². The topological polar surface area (TPSA) is 39.4 Å². The maximum absolute atomic E-state index is 13.3. The number of hydrogen-bond donors (Lipinski definition) is 0. The Bertz CT molecular complexity index is 994. The molecule has 0 fully saturated rings. The van der Waals surface area contributed by atoms with Crippen LogP contribution in [0.5, 0.6) is 5.75 Å². The third kappa shape index (κ3) is 1.98. The minimum atomic E-state index is -0.490. The predicted molar refractivity (Wildman–Crippen MR) is 82.4 cm³/mol. The van der Waals surface area contributed by atoms with Crippen molar-refractivity contribution < 1.29 is 9.13 Å². The first-order chi connectivity index (χ1) is 10.7. The summed E-state index contributed by atoms with van der Waals surface area (Å²) in [5, 5.41) is 0. The van der Waals surface area contributed by atoms with Gasteiger partial charge in [0.2, 0.25) is 5.95 Å². The molecule has 4 rings (SSSR count). The molecule has 0 atom stereocenters. The molecular formula is C17H12FN3O. The molecule has 3 aromatic heterocycles. The summed E-state index contributed by atoms with van der Waals surface area (Å²) < 4.78 is 20.5. The quantitative estimate of drug-likeness (QED) is 0.529. The van der Waals surface area contributed by atoms with Crippen LogP contribution >= 0.6 is 0 Å². The van der Waals surface area contributed by atoms with Gasteiger partial charge in [0, 0.05) is 24.5 Å². The smallest absolute Gasteiger partial charge is 0.213 e. The van der Waals surface area contributed by atoms with Crippen LogP contribution in [0.15, 0.2) is 54.9 Å². The van der Waals surface area contributed by atoms with E-state index in [1.807, 2.05) is 40.9 Å². The number of rotatable bonds is 2. The van der Waals surface area contributed by atoms with E-state index in [1.54, 1.807) is 13.2 Å². The van der Waals surface area contributed by atoms with Crippen molar-refractivity contribution in [1.82, 2.24) is 14.4 Å². The van der Waals surface area contributed by atoms with Crippen LogP contribution in [0.3, 0.4) is 0 Å². The van der Waals surface area contributed by atoms with Crippen molar-refractivity contribution in [3.05, 3.63) is 60.8 Å². The highest BCUT2D eigenvalue weighted by atomic mass is 19.1. The molecule has 0 saturated heterocycles. The lowest BCUT2D eigenvalue weighted by Gasteiger charge is -2.03. The van der Waals surface area contributed by atoms with E-state index in [2.05, 4.69) is 9.97 Å². The van der Waals surface area contributed by atoms with Crippen LogP contribution in [-0.2, 0) is 0 Å². The normalized spacial score (nSPS) is 11.2. The summed E-state index contributed by atoms with van der Waals surface area (Å²) in [4.78, 5) is 8.18. The van der Waals surface area contributed by atoms with Gasteiger partial charge in [-0.05, 0) is 41.5 Å². The van der Waals surface area contributed by atoms with Gasteiger partial charge in [0.15, 0.2) is 0 Å². The van der Waals surface area contributed by atoms with E-state index >= 15 is 0 Å². The molecule has 0 saturated carbocycles. The van der Waals surface area contributed by atoms with E-state index in [1.165, 1.54) is 12.3 Å². The fraction of sp³-hybridized carbons (Fsp3) is 0.0588. The zero-order valence-electron chi connectivity index (χ0n) is 11.8. The zero-order chi connectivity index (χ0) is 15.1. The Balaban J connectivity index is 1.93. The second-order valence-electron chi connectivity index (χ2n) is 4.98. The molecule has 22 heavy (non-hydrogen) atoms. The highest BCUT2D eigenvalue weighted by molar-refractivity contribution is 5.83. The van der Waals surface area contributed by atoms with Gasteiger partial charge in [-0.15, -0.1) is 0 Å². The Kier molecular flexibility index (Phi) is 2.79. The van der Waals surface area contributed by atoms with E-state index in [0.29, 0.717) is 0 Å². The minimum Gasteiger partial charge on any atom is -0.497 e. The van der Waals surface area contributed by atoms with Crippen LogP contribution < -0.4 is 4.74 Å². The molecule has 0 spiro atoms. The number of fused-ring (bicyclic) bond motifs is 3. The largest absolute Gasteiger partial charge is 0.497 e. The number of pyridine rings is 2. The molecular weight excluding hydrogens is 281 g/mol. The van der Waals surface area contributed by atoms with E-state index in [4.69, 9.17) is 4.74 Å². The average molecular weight is 293 g/mol. The molecule has 0 aliphatic rings. The predicted octanol–water partition coefficient (Wildman–Crippen LogP) is 3.70. The summed E-state index contributed by atoms with van der Waals surface area (Å²) in [5.41, 5.74) is 4.34. The Morgan fingerprint density at radius 1 is 1.05 bits per heavy atom. The van der Waals surface area contributed by atoms with Crippen molar-refractivity contribution in [1.29, 1.82) is 0 Å². The van der Waals surface area contributed by atoms with Crippen molar-refractivity contribution in [2.45, 2.75) is 0 Å². The average Bonchev–Trinajstić information content (AvgIpc) is 2.91.